The van der Waals surface area contributed by atoms with Gasteiger partial charge in [-0.15, -0.1) is 11.8 Å². The number of carbonyl (C=O) groups is 2. The van der Waals surface area contributed by atoms with Gasteiger partial charge in [-0.25, -0.2) is 4.79 Å². The van der Waals surface area contributed by atoms with E-state index in [1.165, 1.54) is 7.11 Å². The quantitative estimate of drug-likeness (QED) is 0.0757. The van der Waals surface area contributed by atoms with Crippen LogP contribution in [0.4, 0.5) is 4.79 Å². The second-order valence-corrected chi connectivity index (χ2v) is 8.54. The van der Waals surface area contributed by atoms with E-state index in [1.54, 1.807) is 11.8 Å². The van der Waals surface area contributed by atoms with Gasteiger partial charge in [0.2, 0.25) is 0 Å². The third kappa shape index (κ3) is 9.80. The molecule has 0 aromatic rings. The van der Waals surface area contributed by atoms with Crippen molar-refractivity contribution in [3.05, 3.63) is 10.4 Å². The lowest BCUT2D eigenvalue weighted by molar-refractivity contribution is -0.140. The van der Waals surface area contributed by atoms with Crippen molar-refractivity contribution < 1.29 is 33.3 Å². The Morgan fingerprint density at radius 2 is 1.69 bits per heavy atom. The Morgan fingerprint density at radius 3 is 2.38 bits per heavy atom. The number of urea groups is 1. The molecular formula is C19H33N5O7S. The van der Waals surface area contributed by atoms with Gasteiger partial charge < -0.3 is 34.3 Å². The largest absolute Gasteiger partial charge is 0.469 e. The molecular weight excluding hydrogens is 442 g/mol. The number of ether oxygens (including phenoxy) is 5. The van der Waals surface area contributed by atoms with Crippen LogP contribution >= 0.6 is 11.8 Å². The molecule has 2 saturated heterocycles. The molecule has 4 atom stereocenters. The van der Waals surface area contributed by atoms with Crippen molar-refractivity contribution in [1.82, 2.24) is 10.6 Å². The molecule has 2 amide bonds. The lowest BCUT2D eigenvalue weighted by atomic mass is 10.0. The Hall–Kier alpha value is -1.76. The van der Waals surface area contributed by atoms with E-state index in [0.29, 0.717) is 59.2 Å². The number of methoxy groups -OCH3 is 1. The zero-order valence-corrected chi connectivity index (χ0v) is 19.2. The van der Waals surface area contributed by atoms with Crippen molar-refractivity contribution in [3.63, 3.8) is 0 Å². The molecule has 0 aromatic heterocycles. The summed E-state index contributed by atoms with van der Waals surface area (Å²) in [4.78, 5) is 25.7. The number of esters is 1. The summed E-state index contributed by atoms with van der Waals surface area (Å²) in [5, 5.41) is 9.54. The van der Waals surface area contributed by atoms with E-state index in [2.05, 4.69) is 25.4 Å². The van der Waals surface area contributed by atoms with Crippen LogP contribution in [-0.2, 0) is 28.5 Å². The lowest BCUT2D eigenvalue weighted by Gasteiger charge is -2.17. The fourth-order valence-corrected chi connectivity index (χ4v) is 5.09. The van der Waals surface area contributed by atoms with Crippen LogP contribution in [0, 0.1) is 0 Å². The summed E-state index contributed by atoms with van der Waals surface area (Å²) in [5.41, 5.74) is 8.00. The van der Waals surface area contributed by atoms with E-state index in [9.17, 15) is 9.59 Å². The number of nitrogens with zero attached hydrogens (tertiary/aromatic N) is 3. The number of nitrogens with one attached hydrogen (secondary N) is 2. The molecule has 0 bridgehead atoms. The smallest absolute Gasteiger partial charge is 0.315 e. The molecule has 0 unspecified atom stereocenters. The minimum absolute atomic E-state index is 0.0267. The van der Waals surface area contributed by atoms with Gasteiger partial charge in [0.05, 0.1) is 65.4 Å². The van der Waals surface area contributed by atoms with E-state index in [-0.39, 0.29) is 34.8 Å². The average molecular weight is 476 g/mol. The molecule has 2 fully saturated rings. The van der Waals surface area contributed by atoms with E-state index in [1.807, 2.05) is 0 Å². The fraction of sp³-hybridized carbons (Fsp3) is 0.895. The summed E-state index contributed by atoms with van der Waals surface area (Å²) in [6.07, 6.45) is 2.97. The van der Waals surface area contributed by atoms with Crippen LogP contribution in [-0.4, -0.2) is 94.7 Å². The Labute approximate surface area is 192 Å². The molecule has 12 nitrogen and oxygen atoms in total. The number of hydrogen-bond donors (Lipinski definition) is 2. The van der Waals surface area contributed by atoms with Gasteiger partial charge >= 0.3 is 12.0 Å². The van der Waals surface area contributed by atoms with E-state index >= 15 is 0 Å². The minimum atomic E-state index is -0.194. The highest BCUT2D eigenvalue weighted by Gasteiger charge is 2.49. The van der Waals surface area contributed by atoms with Crippen LogP contribution in [0.5, 0.6) is 0 Å². The molecule has 2 N–H and O–H groups in total. The van der Waals surface area contributed by atoms with Gasteiger partial charge in [0.25, 0.3) is 0 Å². The Kier molecular flexibility index (Phi) is 13.2. The highest BCUT2D eigenvalue weighted by Crippen LogP contribution is 2.39. The predicted octanol–water partition coefficient (Wildman–Crippen LogP) is 1.59. The van der Waals surface area contributed by atoms with Crippen molar-refractivity contribution in [1.29, 1.82) is 0 Å². The number of amides is 2. The first-order chi connectivity index (χ1) is 15.7. The monoisotopic (exact) mass is 475 g/mol. The normalized spacial score (nSPS) is 23.8. The van der Waals surface area contributed by atoms with Gasteiger partial charge in [-0.1, -0.05) is 11.5 Å². The molecule has 2 aliphatic heterocycles. The molecule has 2 rings (SSSR count). The van der Waals surface area contributed by atoms with Gasteiger partial charge in [0, 0.05) is 23.1 Å². The van der Waals surface area contributed by atoms with Crippen molar-refractivity contribution in [2.45, 2.75) is 48.5 Å². The molecule has 13 heteroatoms. The average Bonchev–Trinajstić information content (AvgIpc) is 3.32. The van der Waals surface area contributed by atoms with E-state index in [0.717, 1.165) is 19.3 Å². The lowest BCUT2D eigenvalue weighted by Crippen LogP contribution is -2.40. The van der Waals surface area contributed by atoms with Crippen LogP contribution in [0.1, 0.15) is 25.7 Å². The maximum atomic E-state index is 11.8. The third-order valence-electron chi connectivity index (χ3n) is 4.98. The van der Waals surface area contributed by atoms with Gasteiger partial charge in [0.1, 0.15) is 5.44 Å². The zero-order chi connectivity index (χ0) is 23.0. The first-order valence-corrected chi connectivity index (χ1v) is 11.7. The molecule has 0 saturated carbocycles. The molecule has 0 radical (unpaired) electrons. The predicted molar refractivity (Wildman–Crippen MR) is 117 cm³/mol. The summed E-state index contributed by atoms with van der Waals surface area (Å²) in [5.74, 6) is -0.194. The maximum Gasteiger partial charge on any atom is 0.315 e. The van der Waals surface area contributed by atoms with Crippen LogP contribution in [0.2, 0.25) is 0 Å². The van der Waals surface area contributed by atoms with Crippen LogP contribution < -0.4 is 10.6 Å². The van der Waals surface area contributed by atoms with Gasteiger partial charge in [-0.2, -0.15) is 0 Å². The molecule has 0 aliphatic carbocycles. The molecule has 0 spiro atoms. The van der Waals surface area contributed by atoms with Crippen molar-refractivity contribution in [2.24, 2.45) is 5.11 Å². The minimum Gasteiger partial charge on any atom is -0.469 e. The number of rotatable bonds is 18. The van der Waals surface area contributed by atoms with Crippen molar-refractivity contribution in [3.8, 4) is 0 Å². The number of azide groups is 1. The van der Waals surface area contributed by atoms with E-state index < -0.39 is 0 Å². The fourth-order valence-electron chi connectivity index (χ4n) is 3.45. The zero-order valence-electron chi connectivity index (χ0n) is 18.4. The molecule has 32 heavy (non-hydrogen) atoms. The SMILES string of the molecule is COC(=O)CCCC[C@@H]1S[C@@H](OCCOCCOCCOCCN=[N+]=[N-])[C@@H]2NC(=O)N[C@@H]21. The Bertz CT molecular complexity index is 623. The maximum absolute atomic E-state index is 11.8. The molecule has 2 aliphatic rings. The number of hydrogen-bond acceptors (Lipinski definition) is 9. The summed E-state index contributed by atoms with van der Waals surface area (Å²) in [7, 11) is 1.39. The molecule has 2 heterocycles. The second-order valence-electron chi connectivity index (χ2n) is 7.20. The first kappa shape index (κ1) is 26.5. The molecule has 182 valence electrons. The van der Waals surface area contributed by atoms with Crippen LogP contribution in [0.25, 0.3) is 10.4 Å². The van der Waals surface area contributed by atoms with Gasteiger partial charge in [-0.3, -0.25) is 4.79 Å². The first-order valence-electron chi connectivity index (χ1n) is 10.8. The Morgan fingerprint density at radius 1 is 1.03 bits per heavy atom. The van der Waals surface area contributed by atoms with Gasteiger partial charge in [-0.05, 0) is 18.4 Å². The number of unbranched alkanes of at least 4 members (excludes halogenated alkanes) is 1. The summed E-state index contributed by atoms with van der Waals surface area (Å²) < 4.78 is 26.8. The highest BCUT2D eigenvalue weighted by atomic mass is 32.2. The van der Waals surface area contributed by atoms with Crippen molar-refractivity contribution in [2.75, 3.05) is 59.9 Å². The molecule has 0 aromatic carbocycles. The topological polar surface area (TPSA) is 153 Å². The van der Waals surface area contributed by atoms with Gasteiger partial charge in [0.15, 0.2) is 0 Å². The number of fused-ring (bicyclic) bond motifs is 1. The highest BCUT2D eigenvalue weighted by molar-refractivity contribution is 8.00. The summed E-state index contributed by atoms with van der Waals surface area (Å²) >= 11 is 1.72. The number of carbonyl (C=O) groups excluding carboxylic acids is 2. The van der Waals surface area contributed by atoms with Crippen LogP contribution in [0.15, 0.2) is 5.11 Å². The van der Waals surface area contributed by atoms with Crippen molar-refractivity contribution >= 4 is 23.8 Å². The standard InChI is InChI=1S/C19H33N5O7S/c1-27-15(25)5-3-2-4-14-16-17(23-19(26)22-16)18(32-14)31-13-12-30-11-10-29-9-8-28-7-6-21-24-20/h14,16-18H,2-13H2,1H3,(H2,22,23,26)/t14-,16+,17+,18+/m0/s1. The third-order valence-corrected chi connectivity index (χ3v) is 6.56. The van der Waals surface area contributed by atoms with Crippen LogP contribution in [0.3, 0.4) is 0 Å². The number of thioether (sulfide) groups is 1. The summed E-state index contributed by atoms with van der Waals surface area (Å²) in [6, 6.07) is -0.206. The van der Waals surface area contributed by atoms with E-state index in [4.69, 9.17) is 24.5 Å². The summed E-state index contributed by atoms with van der Waals surface area (Å²) in [6.45, 7) is 3.35. The Balaban J connectivity index is 1.51. The second kappa shape index (κ2) is 15.9.